The number of aliphatic hydroxyl groups is 1. The van der Waals surface area contributed by atoms with Crippen LogP contribution < -0.4 is 4.74 Å². The van der Waals surface area contributed by atoms with Crippen molar-refractivity contribution in [2.75, 3.05) is 35.0 Å². The Bertz CT molecular complexity index is 2930. The second kappa shape index (κ2) is 33.9. The van der Waals surface area contributed by atoms with Gasteiger partial charge in [0.1, 0.15) is 42.3 Å². The van der Waals surface area contributed by atoms with Gasteiger partial charge in [-0.1, -0.05) is 83.2 Å². The Morgan fingerprint density at radius 3 is 2.03 bits per heavy atom. The number of fused-ring (bicyclic) bond motifs is 3. The average Bonchev–Trinajstić information content (AvgIpc) is 0.935. The Labute approximate surface area is 527 Å². The van der Waals surface area contributed by atoms with Gasteiger partial charge < -0.3 is 52.6 Å². The summed E-state index contributed by atoms with van der Waals surface area (Å²) in [6, 6.07) is 9.16. The van der Waals surface area contributed by atoms with E-state index >= 15 is 4.79 Å². The summed E-state index contributed by atoms with van der Waals surface area (Å²) < 4.78 is 54.1. The number of nitro benzene ring substituents is 2. The summed E-state index contributed by atoms with van der Waals surface area (Å²) in [5, 5.41) is 34.9. The van der Waals surface area contributed by atoms with E-state index in [0.717, 1.165) is 10.5 Å². The van der Waals surface area contributed by atoms with Crippen molar-refractivity contribution in [3.8, 4) is 5.75 Å². The van der Waals surface area contributed by atoms with Gasteiger partial charge in [-0.05, 0) is 125 Å². The number of Topliss-reactive ketones (excluding diaryl/α,β-unsaturated/α-hetero) is 2. The third kappa shape index (κ3) is 19.5. The second-order valence-corrected chi connectivity index (χ2v) is 24.8. The van der Waals surface area contributed by atoms with E-state index < -0.39 is 124 Å². The number of rotatable bonds is 14. The third-order valence-electron chi connectivity index (χ3n) is 18.1. The normalized spacial score (nSPS) is 32.0. The summed E-state index contributed by atoms with van der Waals surface area (Å²) in [6.07, 6.45) is 7.59. The zero-order valence-electron chi connectivity index (χ0n) is 53.7. The number of methoxy groups -OCH3 is 4. The summed E-state index contributed by atoms with van der Waals surface area (Å²) in [5.41, 5.74) is 1.49. The van der Waals surface area contributed by atoms with Crippen molar-refractivity contribution in [3.63, 3.8) is 0 Å². The van der Waals surface area contributed by atoms with Crippen LogP contribution in [-0.4, -0.2) is 151 Å². The lowest BCUT2D eigenvalue weighted by molar-refractivity contribution is -0.385. The number of nitro groups is 2. The van der Waals surface area contributed by atoms with Gasteiger partial charge >= 0.3 is 18.1 Å². The van der Waals surface area contributed by atoms with Gasteiger partial charge in [-0.2, -0.15) is 0 Å². The van der Waals surface area contributed by atoms with Gasteiger partial charge in [0.05, 0.1) is 34.6 Å². The first-order valence-corrected chi connectivity index (χ1v) is 31.2. The highest BCUT2D eigenvalue weighted by atomic mass is 16.7. The van der Waals surface area contributed by atoms with Gasteiger partial charge in [0, 0.05) is 89.8 Å². The van der Waals surface area contributed by atoms with E-state index in [0.29, 0.717) is 68.9 Å². The van der Waals surface area contributed by atoms with Crippen molar-refractivity contribution in [3.05, 3.63) is 122 Å². The Hall–Kier alpha value is -7.02. The smallest absolute Gasteiger partial charge is 0.461 e. The van der Waals surface area contributed by atoms with E-state index in [1.165, 1.54) is 69.9 Å². The molecule has 0 unspecified atom stereocenters. The van der Waals surface area contributed by atoms with Crippen LogP contribution >= 0.6 is 0 Å². The van der Waals surface area contributed by atoms with E-state index in [1.807, 2.05) is 64.2 Å². The maximum Gasteiger partial charge on any atom is 0.514 e. The molecule has 2 aromatic carbocycles. The molecule has 3 aliphatic heterocycles. The molecule has 16 atom stereocenters. The van der Waals surface area contributed by atoms with Crippen molar-refractivity contribution in [1.82, 2.24) is 4.90 Å². The number of hydrogen-bond acceptors (Lipinski definition) is 20. The molecular formula is C67H91N3O20. The van der Waals surface area contributed by atoms with Crippen LogP contribution in [-0.2, 0) is 68.3 Å². The van der Waals surface area contributed by atoms with Crippen molar-refractivity contribution in [2.24, 2.45) is 35.5 Å². The maximum atomic E-state index is 15.1. The van der Waals surface area contributed by atoms with Crippen LogP contribution in [0.25, 0.3) is 0 Å². The predicted octanol–water partition coefficient (Wildman–Crippen LogP) is 10.5. The minimum atomic E-state index is -2.53. The van der Waals surface area contributed by atoms with Crippen LogP contribution in [0.15, 0.2) is 96.1 Å². The highest BCUT2D eigenvalue weighted by Crippen LogP contribution is 2.39. The van der Waals surface area contributed by atoms with Crippen LogP contribution in [0.3, 0.4) is 0 Å². The average molecular weight is 1260 g/mol. The standard InChI is InChI=1S/C67H91N3O20/c1-40-17-13-12-14-18-41(2)55(82-8)38-52-28-20-46(7)67(77,90-52)63(73)64(74)68-32-16-15-19-53(68)65(75)88-57(43(4)35-48-23-31-54(58(36-48)83-9)89-66(76)86-51-29-26-50(27-30-51)70(80)81)39-56(87-59(71)37-47-21-24-49(25-22-47)69(78)79)42(3)34-45(6)61(84-10)62(85-11)60(72)44(5)33-40/h12-14,17-18,21-22,24-27,29-30,34,40,42-44,46,48,52-58,61-62,77H,15-16,19-20,23,28,31-33,35-39H2,1-11H3/b14-12?,17-13+,41-18?,45-34+/t40-,42-,43-,44-,46-,48+,52+,53+,54-,55+,56-,57+,58-,61-,62+,67-/m1/s1. The fourth-order valence-corrected chi connectivity index (χ4v) is 12.8. The molecule has 2 saturated heterocycles. The SMILES string of the molecule is CO[C@H]1C[C@@H]2CC[C@@H](C)[C@@](O)(O2)C(=O)C(=O)N2CCCC[C@H]2C(=O)O[C@H]([C@H](C)C[C@@H]2CC[C@@H](OC(=O)Oc3ccc([N+](=O)[O-])cc3)[C@H](OC)C2)C[C@@H](OC(=O)Cc2ccc([N+](=O)[O-])cc2)[C@H](C)/C=C(\C)[C@@H](OC)[C@@H](OC)C(=O)[C@H](C)C[C@H](C)/C=C/C=CC=C1C. The number of carbonyl (C=O) groups is 6. The van der Waals surface area contributed by atoms with Crippen molar-refractivity contribution >= 4 is 46.9 Å². The molecule has 2 bridgehead atoms. The minimum absolute atomic E-state index is 0.00462. The van der Waals surface area contributed by atoms with Crippen LogP contribution in [0.2, 0.25) is 0 Å². The van der Waals surface area contributed by atoms with E-state index in [4.69, 9.17) is 42.6 Å². The molecule has 1 N–H and O–H groups in total. The number of ketones is 2. The van der Waals surface area contributed by atoms with Crippen LogP contribution in [0, 0.1) is 55.7 Å². The first kappa shape index (κ1) is 72.0. The van der Waals surface area contributed by atoms with Crippen LogP contribution in [0.1, 0.15) is 131 Å². The molecule has 6 rings (SSSR count). The number of carbonyl (C=O) groups excluding carboxylic acids is 6. The topological polar surface area (TPSA) is 295 Å². The van der Waals surface area contributed by atoms with E-state index in [-0.39, 0.29) is 67.0 Å². The molecule has 90 heavy (non-hydrogen) atoms. The van der Waals surface area contributed by atoms with Crippen LogP contribution in [0.5, 0.6) is 5.75 Å². The number of benzene rings is 2. The molecule has 1 saturated carbocycles. The molecule has 4 aliphatic rings. The quantitative estimate of drug-likeness (QED) is 0.0350. The summed E-state index contributed by atoms with van der Waals surface area (Å²) in [6.45, 7) is 12.9. The molecule has 0 aromatic heterocycles. The van der Waals surface area contributed by atoms with Crippen molar-refractivity contribution in [2.45, 2.75) is 193 Å². The van der Waals surface area contributed by atoms with Gasteiger partial charge in [-0.15, -0.1) is 0 Å². The molecule has 0 spiro atoms. The number of allylic oxidation sites excluding steroid dienone is 5. The third-order valence-corrected chi connectivity index (χ3v) is 18.1. The first-order chi connectivity index (χ1) is 42.8. The fraction of sp³-hybridized carbons (Fsp3) is 0.612. The lowest BCUT2D eigenvalue weighted by Crippen LogP contribution is -2.61. The Morgan fingerprint density at radius 1 is 0.733 bits per heavy atom. The number of cyclic esters (lactones) is 1. The van der Waals surface area contributed by atoms with E-state index in [9.17, 15) is 49.3 Å². The lowest BCUT2D eigenvalue weighted by atomic mass is 9.78. The minimum Gasteiger partial charge on any atom is -0.461 e. The van der Waals surface area contributed by atoms with Crippen LogP contribution in [0.4, 0.5) is 16.2 Å². The van der Waals surface area contributed by atoms with Gasteiger partial charge in [0.25, 0.3) is 23.1 Å². The Balaban J connectivity index is 1.38. The summed E-state index contributed by atoms with van der Waals surface area (Å²) >= 11 is 0. The van der Waals surface area contributed by atoms with Gasteiger partial charge in [0.2, 0.25) is 5.79 Å². The monoisotopic (exact) mass is 1260 g/mol. The molecule has 494 valence electrons. The number of non-ortho nitro benzene ring substituents is 2. The molecule has 23 nitrogen and oxygen atoms in total. The van der Waals surface area contributed by atoms with Gasteiger partial charge in [-0.3, -0.25) is 39.4 Å². The van der Waals surface area contributed by atoms with Gasteiger partial charge in [0.15, 0.2) is 5.78 Å². The highest BCUT2D eigenvalue weighted by Gasteiger charge is 2.53. The number of hydrogen-bond donors (Lipinski definition) is 1. The molecule has 0 radical (unpaired) electrons. The van der Waals surface area contributed by atoms with E-state index in [2.05, 4.69) is 0 Å². The number of ether oxygens (including phenoxy) is 9. The molecule has 23 heteroatoms. The molecule has 3 heterocycles. The zero-order valence-corrected chi connectivity index (χ0v) is 53.7. The molecule has 3 fully saturated rings. The van der Waals surface area contributed by atoms with Crippen molar-refractivity contribution < 1.29 is 86.4 Å². The summed E-state index contributed by atoms with van der Waals surface area (Å²) in [7, 11) is 5.95. The number of nitrogens with zero attached hydrogens (tertiary/aromatic N) is 3. The Kier molecular flexibility index (Phi) is 27.1. The fourth-order valence-electron chi connectivity index (χ4n) is 12.8. The molecule has 2 aromatic rings. The summed E-state index contributed by atoms with van der Waals surface area (Å²) in [4.78, 5) is 109. The number of amides is 1. The lowest BCUT2D eigenvalue weighted by Gasteiger charge is -2.43. The maximum absolute atomic E-state index is 15.1. The summed E-state index contributed by atoms with van der Waals surface area (Å²) in [5.74, 6) is -9.12. The first-order valence-electron chi connectivity index (χ1n) is 31.2. The largest absolute Gasteiger partial charge is 0.514 e. The predicted molar refractivity (Wildman–Crippen MR) is 330 cm³/mol. The van der Waals surface area contributed by atoms with E-state index in [1.54, 1.807) is 27.9 Å². The number of piperidine rings is 1. The second-order valence-electron chi connectivity index (χ2n) is 24.8. The molecule has 1 amide bonds. The zero-order chi connectivity index (χ0) is 66.0. The highest BCUT2D eigenvalue weighted by molar-refractivity contribution is 6.39. The van der Waals surface area contributed by atoms with Gasteiger partial charge in [-0.25, -0.2) is 9.59 Å². The number of esters is 2. The molecular weight excluding hydrogens is 1170 g/mol. The van der Waals surface area contributed by atoms with Crippen molar-refractivity contribution in [1.29, 1.82) is 0 Å². The Morgan fingerprint density at radius 2 is 1.40 bits per heavy atom. The molecule has 1 aliphatic carbocycles.